The van der Waals surface area contributed by atoms with Crippen molar-refractivity contribution >= 4 is 5.91 Å². The summed E-state index contributed by atoms with van der Waals surface area (Å²) >= 11 is 0. The zero-order chi connectivity index (χ0) is 15.4. The molecule has 4 nitrogen and oxygen atoms in total. The van der Waals surface area contributed by atoms with E-state index < -0.39 is 0 Å². The average Bonchev–Trinajstić information content (AvgIpc) is 3.15. The van der Waals surface area contributed by atoms with Gasteiger partial charge in [0.1, 0.15) is 0 Å². The van der Waals surface area contributed by atoms with E-state index in [1.165, 1.54) is 5.56 Å². The Bertz CT molecular complexity index is 621. The number of hydrogen-bond donors (Lipinski definition) is 3. The van der Waals surface area contributed by atoms with Gasteiger partial charge in [0.2, 0.25) is 0 Å². The molecule has 1 fully saturated rings. The highest BCUT2D eigenvalue weighted by atomic mass is 16.3. The van der Waals surface area contributed by atoms with Gasteiger partial charge in [0.05, 0.1) is 11.7 Å². The molecule has 3 rings (SSSR count). The molecule has 1 aliphatic rings. The number of nitrogens with one attached hydrogen (secondary N) is 2. The number of hydrogen-bond acceptors (Lipinski definition) is 2. The molecule has 22 heavy (non-hydrogen) atoms. The summed E-state index contributed by atoms with van der Waals surface area (Å²) < 4.78 is 0. The van der Waals surface area contributed by atoms with Gasteiger partial charge in [-0.05, 0) is 30.4 Å². The molecule has 116 valence electrons. The van der Waals surface area contributed by atoms with Gasteiger partial charge in [0.25, 0.3) is 5.91 Å². The standard InChI is InChI=1S/C18H22N2O2/c21-17-8-4-7-14(17)11-20-18(22)16-12-19-10-15(16)9-13-5-2-1-3-6-13/h1-3,5-6,10,12,14,17,19,21H,4,7-9,11H2,(H,20,22)/t14-,17+/m1/s1. The Labute approximate surface area is 130 Å². The van der Waals surface area contributed by atoms with Gasteiger partial charge in [-0.25, -0.2) is 0 Å². The summed E-state index contributed by atoms with van der Waals surface area (Å²) in [6.45, 7) is 0.552. The molecule has 4 heteroatoms. The van der Waals surface area contributed by atoms with Crippen LogP contribution in [0, 0.1) is 5.92 Å². The third-order valence-corrected chi connectivity index (χ3v) is 4.46. The number of rotatable bonds is 5. The maximum Gasteiger partial charge on any atom is 0.253 e. The first-order chi connectivity index (χ1) is 10.7. The number of amides is 1. The Morgan fingerprint density at radius 1 is 1.23 bits per heavy atom. The molecule has 0 unspecified atom stereocenters. The molecule has 0 bridgehead atoms. The monoisotopic (exact) mass is 298 g/mol. The maximum atomic E-state index is 12.4. The van der Waals surface area contributed by atoms with E-state index in [1.54, 1.807) is 6.20 Å². The first-order valence-electron chi connectivity index (χ1n) is 7.90. The minimum atomic E-state index is -0.268. The Kier molecular flexibility index (Phi) is 4.59. The Morgan fingerprint density at radius 3 is 2.77 bits per heavy atom. The van der Waals surface area contributed by atoms with Gasteiger partial charge >= 0.3 is 0 Å². The number of H-pyrrole nitrogens is 1. The van der Waals surface area contributed by atoms with Crippen LogP contribution in [0.3, 0.4) is 0 Å². The van der Waals surface area contributed by atoms with Gasteiger partial charge in [-0.15, -0.1) is 0 Å². The summed E-state index contributed by atoms with van der Waals surface area (Å²) in [6, 6.07) is 10.1. The van der Waals surface area contributed by atoms with Gasteiger partial charge < -0.3 is 15.4 Å². The average molecular weight is 298 g/mol. The van der Waals surface area contributed by atoms with Crippen LogP contribution in [0.25, 0.3) is 0 Å². The zero-order valence-corrected chi connectivity index (χ0v) is 12.6. The van der Waals surface area contributed by atoms with Crippen LogP contribution in [-0.4, -0.2) is 28.6 Å². The summed E-state index contributed by atoms with van der Waals surface area (Å²) in [5.74, 6) is 0.131. The third-order valence-electron chi connectivity index (χ3n) is 4.46. The van der Waals surface area contributed by atoms with Crippen molar-refractivity contribution in [2.24, 2.45) is 5.92 Å². The topological polar surface area (TPSA) is 65.1 Å². The smallest absolute Gasteiger partial charge is 0.253 e. The fraction of sp³-hybridized carbons (Fsp3) is 0.389. The van der Waals surface area contributed by atoms with E-state index in [2.05, 4.69) is 22.4 Å². The van der Waals surface area contributed by atoms with Gasteiger partial charge in [-0.1, -0.05) is 36.8 Å². The van der Waals surface area contributed by atoms with E-state index in [0.717, 1.165) is 31.2 Å². The van der Waals surface area contributed by atoms with E-state index in [0.29, 0.717) is 12.1 Å². The minimum Gasteiger partial charge on any atom is -0.393 e. The van der Waals surface area contributed by atoms with Crippen molar-refractivity contribution in [2.45, 2.75) is 31.8 Å². The Balaban J connectivity index is 1.62. The van der Waals surface area contributed by atoms with E-state index in [9.17, 15) is 9.90 Å². The van der Waals surface area contributed by atoms with E-state index >= 15 is 0 Å². The number of carbonyl (C=O) groups is 1. The summed E-state index contributed by atoms with van der Waals surface area (Å²) in [7, 11) is 0. The van der Waals surface area contributed by atoms with Crippen LogP contribution in [0.15, 0.2) is 42.7 Å². The van der Waals surface area contributed by atoms with Crippen LogP contribution in [0.1, 0.15) is 40.7 Å². The highest BCUT2D eigenvalue weighted by Gasteiger charge is 2.25. The molecule has 1 aromatic heterocycles. The van der Waals surface area contributed by atoms with Crippen molar-refractivity contribution in [1.29, 1.82) is 0 Å². The van der Waals surface area contributed by atoms with Crippen LogP contribution in [0.2, 0.25) is 0 Å². The van der Waals surface area contributed by atoms with Crippen LogP contribution in [0.5, 0.6) is 0 Å². The molecule has 1 heterocycles. The quantitative estimate of drug-likeness (QED) is 0.794. The summed E-state index contributed by atoms with van der Waals surface area (Å²) in [4.78, 5) is 15.4. The highest BCUT2D eigenvalue weighted by Crippen LogP contribution is 2.24. The van der Waals surface area contributed by atoms with Crippen LogP contribution < -0.4 is 5.32 Å². The Morgan fingerprint density at radius 2 is 2.05 bits per heavy atom. The normalized spacial score (nSPS) is 21.0. The van der Waals surface area contributed by atoms with Gasteiger partial charge in [0, 0.05) is 24.9 Å². The molecule has 0 aliphatic heterocycles. The second kappa shape index (κ2) is 6.79. The van der Waals surface area contributed by atoms with Crippen LogP contribution in [0.4, 0.5) is 0 Å². The molecular weight excluding hydrogens is 276 g/mol. The largest absolute Gasteiger partial charge is 0.393 e. The molecule has 0 spiro atoms. The van der Waals surface area contributed by atoms with E-state index in [4.69, 9.17) is 0 Å². The second-order valence-corrected chi connectivity index (χ2v) is 6.02. The first kappa shape index (κ1) is 14.9. The molecule has 1 saturated carbocycles. The molecule has 0 radical (unpaired) electrons. The maximum absolute atomic E-state index is 12.4. The summed E-state index contributed by atoms with van der Waals surface area (Å²) in [5, 5.41) is 12.8. The molecule has 0 saturated heterocycles. The summed E-state index contributed by atoms with van der Waals surface area (Å²) in [5.41, 5.74) is 2.87. The van der Waals surface area contributed by atoms with Gasteiger partial charge in [0.15, 0.2) is 0 Å². The SMILES string of the molecule is O=C(NC[C@H]1CCC[C@@H]1O)c1c[nH]cc1Cc1ccccc1. The van der Waals surface area contributed by atoms with E-state index in [-0.39, 0.29) is 17.9 Å². The molecule has 1 aliphatic carbocycles. The van der Waals surface area contributed by atoms with Crippen LogP contribution in [-0.2, 0) is 6.42 Å². The van der Waals surface area contributed by atoms with Crippen molar-refractivity contribution in [3.63, 3.8) is 0 Å². The fourth-order valence-corrected chi connectivity index (χ4v) is 3.14. The first-order valence-corrected chi connectivity index (χ1v) is 7.90. The molecule has 2 atom stereocenters. The molecule has 1 amide bonds. The number of aromatic nitrogens is 1. The molecule has 2 aromatic rings. The number of aliphatic hydroxyl groups is 1. The van der Waals surface area contributed by atoms with Gasteiger partial charge in [-0.2, -0.15) is 0 Å². The number of benzene rings is 1. The lowest BCUT2D eigenvalue weighted by Gasteiger charge is -2.15. The molecular formula is C18H22N2O2. The third kappa shape index (κ3) is 3.39. The van der Waals surface area contributed by atoms with Crippen LogP contribution >= 0.6 is 0 Å². The Hall–Kier alpha value is -2.07. The van der Waals surface area contributed by atoms with E-state index in [1.807, 2.05) is 24.4 Å². The van der Waals surface area contributed by atoms with Crippen molar-refractivity contribution in [1.82, 2.24) is 10.3 Å². The fourth-order valence-electron chi connectivity index (χ4n) is 3.14. The highest BCUT2D eigenvalue weighted by molar-refractivity contribution is 5.95. The van der Waals surface area contributed by atoms with Crippen molar-refractivity contribution in [2.75, 3.05) is 6.54 Å². The predicted molar refractivity (Wildman–Crippen MR) is 85.7 cm³/mol. The van der Waals surface area contributed by atoms with Crippen molar-refractivity contribution < 1.29 is 9.90 Å². The number of aromatic amines is 1. The van der Waals surface area contributed by atoms with Gasteiger partial charge in [-0.3, -0.25) is 4.79 Å². The summed E-state index contributed by atoms with van der Waals surface area (Å²) in [6.07, 6.45) is 6.99. The lowest BCUT2D eigenvalue weighted by molar-refractivity contribution is 0.0916. The van der Waals surface area contributed by atoms with Crippen molar-refractivity contribution in [3.05, 3.63) is 59.4 Å². The zero-order valence-electron chi connectivity index (χ0n) is 12.6. The molecule has 3 N–H and O–H groups in total. The van der Waals surface area contributed by atoms with Crippen molar-refractivity contribution in [3.8, 4) is 0 Å². The molecule has 1 aromatic carbocycles. The minimum absolute atomic E-state index is 0.0636. The number of carbonyl (C=O) groups excluding carboxylic acids is 1. The second-order valence-electron chi connectivity index (χ2n) is 6.02. The lowest BCUT2D eigenvalue weighted by Crippen LogP contribution is -2.32. The number of aliphatic hydroxyl groups excluding tert-OH is 1. The predicted octanol–water partition coefficient (Wildman–Crippen LogP) is 2.50. The lowest BCUT2D eigenvalue weighted by atomic mass is 10.0.